The van der Waals surface area contributed by atoms with Gasteiger partial charge in [0.15, 0.2) is 5.78 Å². The van der Waals surface area contributed by atoms with E-state index >= 15 is 0 Å². The molecule has 0 N–H and O–H groups in total. The van der Waals surface area contributed by atoms with Gasteiger partial charge < -0.3 is 0 Å². The zero-order chi connectivity index (χ0) is 13.4. The van der Waals surface area contributed by atoms with E-state index in [0.717, 1.165) is 17.7 Å². The summed E-state index contributed by atoms with van der Waals surface area (Å²) < 4.78 is 1.72. The largest absolute Gasteiger partial charge is 0.294 e. The minimum atomic E-state index is 0.245. The van der Waals surface area contributed by atoms with Crippen LogP contribution in [0.5, 0.6) is 0 Å². The van der Waals surface area contributed by atoms with Crippen molar-refractivity contribution >= 4 is 5.78 Å². The van der Waals surface area contributed by atoms with Gasteiger partial charge in [0.25, 0.3) is 0 Å². The minimum absolute atomic E-state index is 0.245. The van der Waals surface area contributed by atoms with Crippen molar-refractivity contribution < 1.29 is 4.79 Å². The number of nitrogens with zero attached hydrogens (tertiary/aromatic N) is 2. The van der Waals surface area contributed by atoms with Crippen LogP contribution in [0.1, 0.15) is 74.3 Å². The summed E-state index contributed by atoms with van der Waals surface area (Å²) in [7, 11) is 1.86. The van der Waals surface area contributed by atoms with Gasteiger partial charge in [0.05, 0.1) is 11.3 Å². The maximum atomic E-state index is 12.0. The summed E-state index contributed by atoms with van der Waals surface area (Å²) in [4.78, 5) is 12.0. The van der Waals surface area contributed by atoms with E-state index in [1.54, 1.807) is 4.68 Å². The van der Waals surface area contributed by atoms with Crippen molar-refractivity contribution in [2.45, 2.75) is 65.2 Å². The van der Waals surface area contributed by atoms with Crippen LogP contribution < -0.4 is 0 Å². The molecule has 1 rings (SSSR count). The first-order valence-electron chi connectivity index (χ1n) is 7.18. The second-order valence-electron chi connectivity index (χ2n) is 5.10. The molecule has 0 saturated carbocycles. The lowest BCUT2D eigenvalue weighted by atomic mass is 10.0. The van der Waals surface area contributed by atoms with E-state index in [0.29, 0.717) is 6.42 Å². The van der Waals surface area contributed by atoms with Crippen molar-refractivity contribution in [1.82, 2.24) is 9.78 Å². The number of ketones is 1. The van der Waals surface area contributed by atoms with Crippen LogP contribution in [0.4, 0.5) is 0 Å². The highest BCUT2D eigenvalue weighted by molar-refractivity contribution is 5.96. The monoisotopic (exact) mass is 250 g/mol. The molecule has 0 saturated heterocycles. The van der Waals surface area contributed by atoms with Crippen molar-refractivity contribution in [1.29, 1.82) is 0 Å². The molecule has 1 aromatic heterocycles. The van der Waals surface area contributed by atoms with Gasteiger partial charge in [0.1, 0.15) is 0 Å². The van der Waals surface area contributed by atoms with Crippen molar-refractivity contribution in [2.24, 2.45) is 7.05 Å². The third-order valence-corrected chi connectivity index (χ3v) is 3.32. The number of aromatic nitrogens is 2. The van der Waals surface area contributed by atoms with E-state index in [1.165, 1.54) is 38.5 Å². The lowest BCUT2D eigenvalue weighted by molar-refractivity contribution is 0.0978. The Balaban J connectivity index is 2.16. The fourth-order valence-corrected chi connectivity index (χ4v) is 2.25. The lowest BCUT2D eigenvalue weighted by Gasteiger charge is -2.01. The summed E-state index contributed by atoms with van der Waals surface area (Å²) in [5.74, 6) is 0.245. The summed E-state index contributed by atoms with van der Waals surface area (Å²) >= 11 is 0. The Hall–Kier alpha value is -1.12. The number of unbranched alkanes of at least 4 members (excludes halogenated alkanes) is 6. The molecule has 3 nitrogen and oxygen atoms in total. The van der Waals surface area contributed by atoms with Gasteiger partial charge in [-0.15, -0.1) is 0 Å². The van der Waals surface area contributed by atoms with Gasteiger partial charge in [-0.25, -0.2) is 0 Å². The summed E-state index contributed by atoms with van der Waals surface area (Å²) in [6.45, 7) is 4.13. The topological polar surface area (TPSA) is 34.9 Å². The first kappa shape index (κ1) is 14.9. The highest BCUT2D eigenvalue weighted by atomic mass is 16.1. The molecule has 1 aromatic rings. The molecule has 0 aromatic carbocycles. The smallest absolute Gasteiger partial charge is 0.166 e. The Morgan fingerprint density at radius 1 is 1.17 bits per heavy atom. The lowest BCUT2D eigenvalue weighted by Crippen LogP contribution is -1.99. The van der Waals surface area contributed by atoms with Crippen LogP contribution in [-0.4, -0.2) is 15.6 Å². The number of hydrogen-bond donors (Lipinski definition) is 0. The molecular weight excluding hydrogens is 224 g/mol. The molecular formula is C15H26N2O. The number of Topliss-reactive ketones (excluding diaryl/α,β-unsaturated/α-hetero) is 1. The van der Waals surface area contributed by atoms with Crippen molar-refractivity contribution in [3.8, 4) is 0 Å². The number of hydrogen-bond acceptors (Lipinski definition) is 2. The van der Waals surface area contributed by atoms with Crippen LogP contribution in [0.2, 0.25) is 0 Å². The Morgan fingerprint density at radius 2 is 1.78 bits per heavy atom. The van der Waals surface area contributed by atoms with Gasteiger partial charge in [0, 0.05) is 19.7 Å². The van der Waals surface area contributed by atoms with E-state index in [1.807, 2.05) is 20.2 Å². The highest BCUT2D eigenvalue weighted by Crippen LogP contribution is 2.13. The third-order valence-electron chi connectivity index (χ3n) is 3.32. The zero-order valence-corrected chi connectivity index (χ0v) is 12.0. The third kappa shape index (κ3) is 5.03. The van der Waals surface area contributed by atoms with E-state index in [9.17, 15) is 4.79 Å². The average Bonchev–Trinajstić information content (AvgIpc) is 2.67. The van der Waals surface area contributed by atoms with Gasteiger partial charge in [-0.2, -0.15) is 5.10 Å². The first-order chi connectivity index (χ1) is 8.65. The van der Waals surface area contributed by atoms with Gasteiger partial charge in [-0.3, -0.25) is 9.48 Å². The second-order valence-corrected chi connectivity index (χ2v) is 5.10. The standard InChI is InChI=1S/C15H26N2O/c1-4-5-6-7-8-9-10-11-15(18)14-12-17(3)16-13(14)2/h12H,4-11H2,1-3H3. The molecule has 0 fully saturated rings. The van der Waals surface area contributed by atoms with Gasteiger partial charge in [-0.05, 0) is 13.3 Å². The van der Waals surface area contributed by atoms with E-state index < -0.39 is 0 Å². The molecule has 3 heteroatoms. The van der Waals surface area contributed by atoms with Crippen molar-refractivity contribution in [3.63, 3.8) is 0 Å². The van der Waals surface area contributed by atoms with Crippen LogP contribution in [0, 0.1) is 6.92 Å². The molecule has 0 amide bonds. The van der Waals surface area contributed by atoms with E-state index in [4.69, 9.17) is 0 Å². The van der Waals surface area contributed by atoms with Crippen LogP contribution in [0.3, 0.4) is 0 Å². The molecule has 1 heterocycles. The molecule has 0 unspecified atom stereocenters. The zero-order valence-electron chi connectivity index (χ0n) is 12.0. The van der Waals surface area contributed by atoms with Crippen molar-refractivity contribution in [2.75, 3.05) is 0 Å². The van der Waals surface area contributed by atoms with Crippen LogP contribution in [0.15, 0.2) is 6.20 Å². The van der Waals surface area contributed by atoms with Gasteiger partial charge in [-0.1, -0.05) is 45.4 Å². The van der Waals surface area contributed by atoms with Crippen LogP contribution in [0.25, 0.3) is 0 Å². The summed E-state index contributed by atoms with van der Waals surface area (Å²) in [5.41, 5.74) is 1.65. The van der Waals surface area contributed by atoms with E-state index in [2.05, 4.69) is 12.0 Å². The number of rotatable bonds is 9. The molecule has 18 heavy (non-hydrogen) atoms. The maximum Gasteiger partial charge on any atom is 0.166 e. The number of carbonyl (C=O) groups is 1. The first-order valence-corrected chi connectivity index (χ1v) is 7.18. The maximum absolute atomic E-state index is 12.0. The number of carbonyl (C=O) groups excluding carboxylic acids is 1. The predicted octanol–water partition coefficient (Wildman–Crippen LogP) is 4.05. The SMILES string of the molecule is CCCCCCCCCC(=O)c1cn(C)nc1C. The summed E-state index contributed by atoms with van der Waals surface area (Å²) in [5, 5.41) is 4.21. The van der Waals surface area contributed by atoms with Crippen LogP contribution in [-0.2, 0) is 7.05 Å². The van der Waals surface area contributed by atoms with E-state index in [-0.39, 0.29) is 5.78 Å². The average molecular weight is 250 g/mol. The minimum Gasteiger partial charge on any atom is -0.294 e. The fraction of sp³-hybridized carbons (Fsp3) is 0.733. The fourth-order valence-electron chi connectivity index (χ4n) is 2.25. The second kappa shape index (κ2) is 8.06. The molecule has 0 atom stereocenters. The highest BCUT2D eigenvalue weighted by Gasteiger charge is 2.11. The molecule has 0 radical (unpaired) electrons. The number of aryl methyl sites for hydroxylation is 2. The Kier molecular flexibility index (Phi) is 6.69. The summed E-state index contributed by atoms with van der Waals surface area (Å²) in [6, 6.07) is 0. The quantitative estimate of drug-likeness (QED) is 0.489. The normalized spacial score (nSPS) is 10.8. The Bertz CT molecular complexity index is 369. The molecule has 0 aliphatic rings. The molecule has 102 valence electrons. The Labute approximate surface area is 111 Å². The molecule has 0 spiro atoms. The Morgan fingerprint density at radius 3 is 2.33 bits per heavy atom. The van der Waals surface area contributed by atoms with Crippen molar-refractivity contribution in [3.05, 3.63) is 17.5 Å². The molecule has 0 bridgehead atoms. The van der Waals surface area contributed by atoms with Gasteiger partial charge in [0.2, 0.25) is 0 Å². The summed E-state index contributed by atoms with van der Waals surface area (Å²) in [6.07, 6.45) is 11.2. The predicted molar refractivity (Wildman–Crippen MR) is 74.9 cm³/mol. The van der Waals surface area contributed by atoms with Crippen LogP contribution >= 0.6 is 0 Å². The molecule has 0 aliphatic heterocycles. The molecule has 0 aliphatic carbocycles. The van der Waals surface area contributed by atoms with Gasteiger partial charge >= 0.3 is 0 Å².